The van der Waals surface area contributed by atoms with Crippen molar-refractivity contribution in [2.45, 2.75) is 32.0 Å². The number of carbonyl (C=O) groups excluding carboxylic acids is 1. The Hall–Kier alpha value is -0.320. The van der Waals surface area contributed by atoms with Crippen LogP contribution in [-0.2, 0) is 14.3 Å². The second-order valence-electron chi connectivity index (χ2n) is 5.43. The Morgan fingerprint density at radius 2 is 2.29 bits per heavy atom. The topological polar surface area (TPSA) is 38.8 Å². The third kappa shape index (κ3) is 3.12. The predicted molar refractivity (Wildman–Crippen MR) is 65.2 cm³/mol. The molecule has 0 aliphatic carbocycles. The molecule has 98 valence electrons. The highest BCUT2D eigenvalue weighted by atomic mass is 35.5. The molecule has 0 bridgehead atoms. The minimum atomic E-state index is -0.313. The molecule has 5 heteroatoms. The van der Waals surface area contributed by atoms with Gasteiger partial charge >= 0.3 is 0 Å². The molecule has 0 radical (unpaired) electrons. The lowest BCUT2D eigenvalue weighted by Gasteiger charge is -2.43. The van der Waals surface area contributed by atoms with Crippen LogP contribution in [0, 0.1) is 5.92 Å². The van der Waals surface area contributed by atoms with Gasteiger partial charge in [0.25, 0.3) is 0 Å². The maximum Gasteiger partial charge on any atom is 0.228 e. The van der Waals surface area contributed by atoms with E-state index < -0.39 is 0 Å². The molecular formula is C12H20ClNO3. The number of hydrogen-bond donors (Lipinski definition) is 0. The van der Waals surface area contributed by atoms with Crippen LogP contribution in [0.15, 0.2) is 0 Å². The number of nitrogens with zero attached hydrogens (tertiary/aromatic N) is 1. The fourth-order valence-electron chi connectivity index (χ4n) is 2.53. The van der Waals surface area contributed by atoms with Crippen LogP contribution in [-0.4, -0.2) is 54.7 Å². The molecular weight excluding hydrogens is 242 g/mol. The van der Waals surface area contributed by atoms with Crippen LogP contribution in [0.25, 0.3) is 0 Å². The number of alkyl halides is 1. The summed E-state index contributed by atoms with van der Waals surface area (Å²) in [4.78, 5) is 14.2. The maximum atomic E-state index is 12.3. The van der Waals surface area contributed by atoms with E-state index in [1.54, 1.807) is 0 Å². The predicted octanol–water partition coefficient (Wildman–Crippen LogP) is 1.27. The Bertz CT molecular complexity index is 289. The first-order valence-corrected chi connectivity index (χ1v) is 6.65. The van der Waals surface area contributed by atoms with Gasteiger partial charge < -0.3 is 14.4 Å². The van der Waals surface area contributed by atoms with Crippen LogP contribution in [0.5, 0.6) is 0 Å². The van der Waals surface area contributed by atoms with Gasteiger partial charge in [-0.2, -0.15) is 0 Å². The van der Waals surface area contributed by atoms with E-state index in [0.717, 1.165) is 6.42 Å². The van der Waals surface area contributed by atoms with Crippen molar-refractivity contribution in [3.8, 4) is 0 Å². The molecule has 2 fully saturated rings. The van der Waals surface area contributed by atoms with E-state index >= 15 is 0 Å². The molecule has 2 aliphatic heterocycles. The molecule has 0 spiro atoms. The lowest BCUT2D eigenvalue weighted by molar-refractivity contribution is -0.161. The number of carbonyl (C=O) groups is 1. The number of amides is 1. The minimum Gasteiger partial charge on any atom is -0.381 e. The van der Waals surface area contributed by atoms with Gasteiger partial charge in [0.2, 0.25) is 5.91 Å². The highest BCUT2D eigenvalue weighted by Crippen LogP contribution is 2.25. The Balaban J connectivity index is 2.01. The molecule has 0 saturated carbocycles. The average Bonchev–Trinajstić information content (AvgIpc) is 2.79. The maximum absolute atomic E-state index is 12.3. The summed E-state index contributed by atoms with van der Waals surface area (Å²) in [6.45, 7) is 6.48. The smallest absolute Gasteiger partial charge is 0.228 e. The summed E-state index contributed by atoms with van der Waals surface area (Å²) in [6, 6.07) is 0. The Kier molecular flexibility index (Phi) is 3.95. The van der Waals surface area contributed by atoms with Crippen LogP contribution in [0.2, 0.25) is 0 Å². The van der Waals surface area contributed by atoms with Gasteiger partial charge in [-0.3, -0.25) is 4.79 Å². The van der Waals surface area contributed by atoms with Crippen molar-refractivity contribution in [2.75, 3.05) is 32.2 Å². The van der Waals surface area contributed by atoms with E-state index in [1.165, 1.54) is 0 Å². The van der Waals surface area contributed by atoms with Crippen LogP contribution in [0.3, 0.4) is 0 Å². The van der Waals surface area contributed by atoms with Crippen LogP contribution >= 0.6 is 11.6 Å². The summed E-state index contributed by atoms with van der Waals surface area (Å²) in [5, 5.41) is 0. The van der Waals surface area contributed by atoms with Crippen molar-refractivity contribution >= 4 is 17.5 Å². The molecule has 1 amide bonds. The zero-order chi connectivity index (χ0) is 12.5. The highest BCUT2D eigenvalue weighted by Gasteiger charge is 2.38. The van der Waals surface area contributed by atoms with E-state index in [1.807, 2.05) is 18.7 Å². The molecule has 0 aromatic rings. The van der Waals surface area contributed by atoms with Crippen LogP contribution in [0.1, 0.15) is 20.3 Å². The zero-order valence-electron chi connectivity index (χ0n) is 10.4. The Morgan fingerprint density at radius 1 is 1.53 bits per heavy atom. The first-order valence-electron chi connectivity index (χ1n) is 6.12. The third-order valence-corrected chi connectivity index (χ3v) is 3.59. The molecule has 4 nitrogen and oxygen atoms in total. The molecule has 2 aliphatic rings. The monoisotopic (exact) mass is 261 g/mol. The molecule has 2 unspecified atom stereocenters. The first-order chi connectivity index (χ1) is 8.02. The van der Waals surface area contributed by atoms with Crippen molar-refractivity contribution in [2.24, 2.45) is 5.92 Å². The molecule has 0 aromatic carbocycles. The Morgan fingerprint density at radius 3 is 2.88 bits per heavy atom. The van der Waals surface area contributed by atoms with Crippen molar-refractivity contribution in [1.82, 2.24) is 4.90 Å². The van der Waals surface area contributed by atoms with Gasteiger partial charge in [0.05, 0.1) is 30.1 Å². The molecule has 0 aromatic heterocycles. The minimum absolute atomic E-state index is 0.0277. The van der Waals surface area contributed by atoms with Gasteiger partial charge in [-0.15, -0.1) is 11.6 Å². The van der Waals surface area contributed by atoms with E-state index in [2.05, 4.69) is 0 Å². The van der Waals surface area contributed by atoms with Gasteiger partial charge in [0, 0.05) is 19.7 Å². The fourth-order valence-corrected chi connectivity index (χ4v) is 2.69. The SMILES string of the molecule is CC1(C)CN(C(=O)C2CCOC2)CC(CCl)O1. The lowest BCUT2D eigenvalue weighted by atomic mass is 10.0. The third-order valence-electron chi connectivity index (χ3n) is 3.24. The summed E-state index contributed by atoms with van der Waals surface area (Å²) in [5.74, 6) is 0.642. The molecule has 0 N–H and O–H groups in total. The first kappa shape index (κ1) is 13.1. The number of morpholine rings is 1. The van der Waals surface area contributed by atoms with Gasteiger partial charge in [0.15, 0.2) is 0 Å². The highest BCUT2D eigenvalue weighted by molar-refractivity contribution is 6.18. The van der Waals surface area contributed by atoms with E-state index in [0.29, 0.717) is 32.2 Å². The number of ether oxygens (including phenoxy) is 2. The summed E-state index contributed by atoms with van der Waals surface area (Å²) in [7, 11) is 0. The lowest BCUT2D eigenvalue weighted by Crippen LogP contribution is -2.56. The molecule has 2 atom stereocenters. The summed E-state index contributed by atoms with van der Waals surface area (Å²) < 4.78 is 11.1. The van der Waals surface area contributed by atoms with E-state index in [9.17, 15) is 4.79 Å². The van der Waals surface area contributed by atoms with Gasteiger partial charge in [-0.05, 0) is 20.3 Å². The zero-order valence-corrected chi connectivity index (χ0v) is 11.2. The van der Waals surface area contributed by atoms with E-state index in [4.69, 9.17) is 21.1 Å². The number of rotatable bonds is 2. The Labute approximate surface area is 107 Å². The summed E-state index contributed by atoms with van der Waals surface area (Å²) in [6.07, 6.45) is 0.772. The number of halogens is 1. The standard InChI is InChI=1S/C12H20ClNO3/c1-12(2)8-14(6-10(5-13)17-12)11(15)9-3-4-16-7-9/h9-10H,3-8H2,1-2H3. The molecule has 2 rings (SSSR count). The van der Waals surface area contributed by atoms with Crippen LogP contribution in [0.4, 0.5) is 0 Å². The molecule has 2 saturated heterocycles. The molecule has 2 heterocycles. The largest absolute Gasteiger partial charge is 0.381 e. The van der Waals surface area contributed by atoms with Crippen molar-refractivity contribution < 1.29 is 14.3 Å². The van der Waals surface area contributed by atoms with Gasteiger partial charge in [-0.25, -0.2) is 0 Å². The number of hydrogen-bond acceptors (Lipinski definition) is 3. The second-order valence-corrected chi connectivity index (χ2v) is 5.74. The van der Waals surface area contributed by atoms with Gasteiger partial charge in [-0.1, -0.05) is 0 Å². The quantitative estimate of drug-likeness (QED) is 0.703. The van der Waals surface area contributed by atoms with Crippen LogP contribution < -0.4 is 0 Å². The van der Waals surface area contributed by atoms with Crippen molar-refractivity contribution in [3.05, 3.63) is 0 Å². The summed E-state index contributed by atoms with van der Waals surface area (Å²) >= 11 is 5.85. The van der Waals surface area contributed by atoms with E-state index in [-0.39, 0.29) is 23.5 Å². The fraction of sp³-hybridized carbons (Fsp3) is 0.917. The second kappa shape index (κ2) is 5.12. The van der Waals surface area contributed by atoms with Crippen molar-refractivity contribution in [3.63, 3.8) is 0 Å². The average molecular weight is 262 g/mol. The molecule has 17 heavy (non-hydrogen) atoms. The summed E-state index contributed by atoms with van der Waals surface area (Å²) in [5.41, 5.74) is -0.313. The van der Waals surface area contributed by atoms with Crippen molar-refractivity contribution in [1.29, 1.82) is 0 Å². The normalized spacial score (nSPS) is 32.8. The van der Waals surface area contributed by atoms with Gasteiger partial charge in [0.1, 0.15) is 0 Å².